The topological polar surface area (TPSA) is 84.9 Å². The first kappa shape index (κ1) is 15.4. The van der Waals surface area contributed by atoms with Crippen LogP contribution < -0.4 is 15.4 Å². The van der Waals surface area contributed by atoms with Crippen LogP contribution >= 0.6 is 11.3 Å². The lowest BCUT2D eigenvalue weighted by Crippen LogP contribution is -2.12. The molecule has 0 amide bonds. The number of nitrogens with one attached hydrogen (secondary N) is 2. The van der Waals surface area contributed by atoms with E-state index in [1.807, 2.05) is 20.8 Å². The number of rotatable bonds is 6. The summed E-state index contributed by atoms with van der Waals surface area (Å²) in [6, 6.07) is 0.352. The molecule has 1 unspecified atom stereocenters. The van der Waals surface area contributed by atoms with Crippen molar-refractivity contribution in [3.63, 3.8) is 0 Å². The van der Waals surface area contributed by atoms with Gasteiger partial charge in [0.2, 0.25) is 11.9 Å². The highest BCUT2D eigenvalue weighted by Gasteiger charge is 2.15. The summed E-state index contributed by atoms with van der Waals surface area (Å²) in [5.41, 5.74) is 1.03. The molecule has 2 aromatic heterocycles. The summed E-state index contributed by atoms with van der Waals surface area (Å²) in [6.45, 7) is 8.78. The largest absolute Gasteiger partial charge is 0.467 e. The molecule has 2 aromatic rings. The van der Waals surface area contributed by atoms with Gasteiger partial charge in [0, 0.05) is 11.4 Å². The van der Waals surface area contributed by atoms with E-state index in [0.29, 0.717) is 11.9 Å². The predicted molar refractivity (Wildman–Crippen MR) is 84.2 cm³/mol. The van der Waals surface area contributed by atoms with Crippen LogP contribution in [0.4, 0.5) is 11.9 Å². The van der Waals surface area contributed by atoms with Crippen LogP contribution in [-0.4, -0.2) is 33.6 Å². The van der Waals surface area contributed by atoms with Crippen LogP contribution in [0.1, 0.15) is 35.5 Å². The van der Waals surface area contributed by atoms with Gasteiger partial charge in [0.1, 0.15) is 0 Å². The van der Waals surface area contributed by atoms with Gasteiger partial charge in [-0.1, -0.05) is 0 Å². The zero-order chi connectivity index (χ0) is 15.4. The Bertz CT molecular complexity index is 615. The SMILES string of the molecule is CCNc1nc(NC(C)c2sc(C)nc2C)nc(OC)n1. The average Bonchev–Trinajstić information content (AvgIpc) is 2.78. The van der Waals surface area contributed by atoms with Crippen LogP contribution in [0.25, 0.3) is 0 Å². The van der Waals surface area contributed by atoms with E-state index in [-0.39, 0.29) is 12.1 Å². The Morgan fingerprint density at radius 2 is 1.86 bits per heavy atom. The molecule has 0 aliphatic heterocycles. The number of hydrogen-bond donors (Lipinski definition) is 2. The maximum absolute atomic E-state index is 5.11. The smallest absolute Gasteiger partial charge is 0.322 e. The van der Waals surface area contributed by atoms with E-state index in [9.17, 15) is 0 Å². The molecule has 0 saturated heterocycles. The van der Waals surface area contributed by atoms with Gasteiger partial charge in [-0.2, -0.15) is 15.0 Å². The molecular weight excluding hydrogens is 288 g/mol. The Morgan fingerprint density at radius 1 is 1.14 bits per heavy atom. The van der Waals surface area contributed by atoms with E-state index >= 15 is 0 Å². The number of nitrogens with zero attached hydrogens (tertiary/aromatic N) is 4. The standard InChI is InChI=1S/C13H20N6OS/c1-6-14-11-17-12(19-13(18-11)20-5)16-8(3)10-7(2)15-9(4)21-10/h8H,6H2,1-5H3,(H2,14,16,17,18,19). The molecule has 0 aliphatic carbocycles. The second-order valence-electron chi connectivity index (χ2n) is 4.55. The monoisotopic (exact) mass is 308 g/mol. The highest BCUT2D eigenvalue weighted by Crippen LogP contribution is 2.27. The maximum atomic E-state index is 5.11. The zero-order valence-electron chi connectivity index (χ0n) is 12.9. The summed E-state index contributed by atoms with van der Waals surface area (Å²) in [4.78, 5) is 18.3. The molecule has 21 heavy (non-hydrogen) atoms. The molecule has 2 heterocycles. The minimum atomic E-state index is 0.0674. The van der Waals surface area contributed by atoms with E-state index in [1.54, 1.807) is 11.3 Å². The van der Waals surface area contributed by atoms with Crippen molar-refractivity contribution in [3.05, 3.63) is 15.6 Å². The van der Waals surface area contributed by atoms with E-state index in [0.717, 1.165) is 17.2 Å². The van der Waals surface area contributed by atoms with E-state index in [1.165, 1.54) is 12.0 Å². The molecule has 0 bridgehead atoms. The molecule has 1 atom stereocenters. The van der Waals surface area contributed by atoms with Gasteiger partial charge < -0.3 is 15.4 Å². The van der Waals surface area contributed by atoms with Crippen molar-refractivity contribution >= 4 is 23.2 Å². The van der Waals surface area contributed by atoms with Gasteiger partial charge in [0.25, 0.3) is 0 Å². The lowest BCUT2D eigenvalue weighted by Gasteiger charge is -2.14. The molecule has 0 spiro atoms. The molecule has 2 rings (SSSR count). The van der Waals surface area contributed by atoms with Crippen molar-refractivity contribution in [1.82, 2.24) is 19.9 Å². The first-order valence-electron chi connectivity index (χ1n) is 6.77. The van der Waals surface area contributed by atoms with Crippen LogP contribution in [0.5, 0.6) is 6.01 Å². The quantitative estimate of drug-likeness (QED) is 0.848. The van der Waals surface area contributed by atoms with Gasteiger partial charge in [-0.3, -0.25) is 0 Å². The third-order valence-corrected chi connectivity index (χ3v) is 4.07. The Labute approximate surface area is 128 Å². The third-order valence-electron chi connectivity index (χ3n) is 2.81. The Hall–Kier alpha value is -1.96. The van der Waals surface area contributed by atoms with Gasteiger partial charge in [-0.25, -0.2) is 4.98 Å². The van der Waals surface area contributed by atoms with Crippen LogP contribution in [0.15, 0.2) is 0 Å². The highest BCUT2D eigenvalue weighted by atomic mass is 32.1. The first-order valence-corrected chi connectivity index (χ1v) is 7.59. The molecule has 0 aromatic carbocycles. The molecule has 0 saturated carbocycles. The Balaban J connectivity index is 2.21. The van der Waals surface area contributed by atoms with Crippen molar-refractivity contribution < 1.29 is 4.74 Å². The fraction of sp³-hybridized carbons (Fsp3) is 0.538. The number of aromatic nitrogens is 4. The predicted octanol–water partition coefficient (Wildman–Crippen LogP) is 2.56. The van der Waals surface area contributed by atoms with Gasteiger partial charge >= 0.3 is 6.01 Å². The molecule has 2 N–H and O–H groups in total. The molecule has 0 fully saturated rings. The second-order valence-corrected chi connectivity index (χ2v) is 5.78. The number of aryl methyl sites for hydroxylation is 2. The van der Waals surface area contributed by atoms with Crippen molar-refractivity contribution in [2.24, 2.45) is 0 Å². The normalized spacial score (nSPS) is 12.0. The Morgan fingerprint density at radius 3 is 2.43 bits per heavy atom. The van der Waals surface area contributed by atoms with Crippen LogP contribution in [0.3, 0.4) is 0 Å². The molecule has 114 valence electrons. The van der Waals surface area contributed by atoms with Gasteiger partial charge in [-0.05, 0) is 27.7 Å². The summed E-state index contributed by atoms with van der Waals surface area (Å²) in [7, 11) is 1.54. The second kappa shape index (κ2) is 6.66. The van der Waals surface area contributed by atoms with Crippen molar-refractivity contribution in [2.45, 2.75) is 33.7 Å². The molecule has 0 radical (unpaired) electrons. The summed E-state index contributed by atoms with van der Waals surface area (Å²) >= 11 is 1.67. The summed E-state index contributed by atoms with van der Waals surface area (Å²) in [5, 5.41) is 7.39. The summed E-state index contributed by atoms with van der Waals surface area (Å²) < 4.78 is 5.11. The molecular formula is C13H20N6OS. The van der Waals surface area contributed by atoms with E-state index in [2.05, 4.69) is 37.5 Å². The van der Waals surface area contributed by atoms with Gasteiger partial charge in [-0.15, -0.1) is 11.3 Å². The third kappa shape index (κ3) is 3.78. The zero-order valence-corrected chi connectivity index (χ0v) is 13.7. The van der Waals surface area contributed by atoms with Crippen LogP contribution in [0.2, 0.25) is 0 Å². The van der Waals surface area contributed by atoms with Crippen LogP contribution in [0, 0.1) is 13.8 Å². The van der Waals surface area contributed by atoms with Gasteiger partial charge in [0.15, 0.2) is 0 Å². The maximum Gasteiger partial charge on any atom is 0.322 e. The average molecular weight is 308 g/mol. The summed E-state index contributed by atoms with van der Waals surface area (Å²) in [6.07, 6.45) is 0. The number of thiazole rings is 1. The van der Waals surface area contributed by atoms with Crippen molar-refractivity contribution in [3.8, 4) is 6.01 Å². The highest BCUT2D eigenvalue weighted by molar-refractivity contribution is 7.11. The van der Waals surface area contributed by atoms with Crippen molar-refractivity contribution in [1.29, 1.82) is 0 Å². The number of ether oxygens (including phenoxy) is 1. The Kier molecular flexibility index (Phi) is 4.89. The van der Waals surface area contributed by atoms with E-state index < -0.39 is 0 Å². The number of anilines is 2. The first-order chi connectivity index (χ1) is 10.0. The fourth-order valence-corrected chi connectivity index (χ4v) is 2.89. The lowest BCUT2D eigenvalue weighted by molar-refractivity contribution is 0.379. The van der Waals surface area contributed by atoms with Crippen molar-refractivity contribution in [2.75, 3.05) is 24.3 Å². The number of hydrogen-bond acceptors (Lipinski definition) is 8. The van der Waals surface area contributed by atoms with E-state index in [4.69, 9.17) is 4.74 Å². The molecule has 8 heteroatoms. The molecule has 0 aliphatic rings. The lowest BCUT2D eigenvalue weighted by atomic mass is 10.2. The van der Waals surface area contributed by atoms with Crippen LogP contribution in [-0.2, 0) is 0 Å². The number of methoxy groups -OCH3 is 1. The minimum Gasteiger partial charge on any atom is -0.467 e. The molecule has 7 nitrogen and oxygen atoms in total. The summed E-state index contributed by atoms with van der Waals surface area (Å²) in [5.74, 6) is 0.979. The fourth-order valence-electron chi connectivity index (χ4n) is 1.96. The minimum absolute atomic E-state index is 0.0674. The van der Waals surface area contributed by atoms with Gasteiger partial charge in [0.05, 0.1) is 23.9 Å².